The highest BCUT2D eigenvalue weighted by Crippen LogP contribution is 2.22. The van der Waals surface area contributed by atoms with Crippen LogP contribution in [0.2, 0.25) is 5.02 Å². The van der Waals surface area contributed by atoms with Crippen molar-refractivity contribution in [2.75, 3.05) is 11.8 Å². The van der Waals surface area contributed by atoms with Crippen molar-refractivity contribution in [2.24, 2.45) is 0 Å². The van der Waals surface area contributed by atoms with Gasteiger partial charge in [-0.25, -0.2) is 17.6 Å². The Kier molecular flexibility index (Phi) is 6.40. The predicted octanol–water partition coefficient (Wildman–Crippen LogP) is 2.57. The molecule has 27 heavy (non-hydrogen) atoms. The number of carbonyl (C=O) groups is 2. The minimum atomic E-state index is -3.99. The number of ether oxygens (including phenoxy) is 1. The minimum absolute atomic E-state index is 0.138. The zero-order valence-corrected chi connectivity index (χ0v) is 15.9. The van der Waals surface area contributed by atoms with Gasteiger partial charge in [-0.05, 0) is 49.4 Å². The van der Waals surface area contributed by atoms with Crippen LogP contribution in [-0.2, 0) is 19.6 Å². The van der Waals surface area contributed by atoms with Gasteiger partial charge in [-0.2, -0.15) is 0 Å². The summed E-state index contributed by atoms with van der Waals surface area (Å²) < 4.78 is 45.1. The van der Waals surface area contributed by atoms with Crippen molar-refractivity contribution in [1.29, 1.82) is 0 Å². The van der Waals surface area contributed by atoms with Crippen LogP contribution in [0.25, 0.3) is 0 Å². The molecule has 1 atom stereocenters. The van der Waals surface area contributed by atoms with Gasteiger partial charge in [-0.15, -0.1) is 0 Å². The molecule has 0 aromatic heterocycles. The fraction of sp³-hybridized carbons (Fsp3) is 0.176. The number of anilines is 1. The molecule has 2 aromatic carbocycles. The number of hydrogen-bond donors (Lipinski definition) is 2. The number of sulfonamides is 1. The smallest absolute Gasteiger partial charge is 0.338 e. The van der Waals surface area contributed by atoms with E-state index in [9.17, 15) is 22.4 Å². The second-order valence-corrected chi connectivity index (χ2v) is 7.51. The van der Waals surface area contributed by atoms with Crippen LogP contribution in [0.3, 0.4) is 0 Å². The summed E-state index contributed by atoms with van der Waals surface area (Å²) in [6.07, 6.45) is -0.969. The number of hydrogen-bond acceptors (Lipinski definition) is 5. The van der Waals surface area contributed by atoms with Gasteiger partial charge in [0.25, 0.3) is 15.9 Å². The van der Waals surface area contributed by atoms with E-state index < -0.39 is 33.8 Å². The van der Waals surface area contributed by atoms with Crippen LogP contribution in [0.5, 0.6) is 0 Å². The number of amides is 1. The Bertz CT molecular complexity index is 964. The van der Waals surface area contributed by atoms with E-state index in [-0.39, 0.29) is 21.2 Å². The summed E-state index contributed by atoms with van der Waals surface area (Å²) in [5.41, 5.74) is 0.310. The Labute approximate surface area is 160 Å². The first-order valence-corrected chi connectivity index (χ1v) is 9.50. The average Bonchev–Trinajstić information content (AvgIpc) is 2.63. The van der Waals surface area contributed by atoms with Crippen LogP contribution in [0, 0.1) is 5.82 Å². The maximum absolute atomic E-state index is 13.2. The van der Waals surface area contributed by atoms with Gasteiger partial charge in [0.2, 0.25) is 0 Å². The first-order valence-electron chi connectivity index (χ1n) is 7.64. The summed E-state index contributed by atoms with van der Waals surface area (Å²) in [7, 11) is -2.57. The van der Waals surface area contributed by atoms with Gasteiger partial charge < -0.3 is 10.1 Å². The second kappa shape index (κ2) is 8.36. The molecule has 7 nitrogen and oxygen atoms in total. The summed E-state index contributed by atoms with van der Waals surface area (Å²) in [6, 6.07) is 8.40. The number of carbonyl (C=O) groups excluding carboxylic acids is 2. The van der Waals surface area contributed by atoms with E-state index in [2.05, 4.69) is 10.0 Å². The third-order valence-corrected chi connectivity index (χ3v) is 5.14. The van der Waals surface area contributed by atoms with Crippen molar-refractivity contribution in [2.45, 2.75) is 17.9 Å². The number of likely N-dealkylation sites (N-methyl/N-ethyl adjacent to an activating group) is 1. The van der Waals surface area contributed by atoms with Gasteiger partial charge in [0.1, 0.15) is 5.82 Å². The number of rotatable bonds is 6. The minimum Gasteiger partial charge on any atom is -0.449 e. The van der Waals surface area contributed by atoms with Gasteiger partial charge in [-0.1, -0.05) is 11.6 Å². The summed E-state index contributed by atoms with van der Waals surface area (Å²) in [5, 5.41) is 2.04. The molecule has 2 N–H and O–H groups in total. The topological polar surface area (TPSA) is 102 Å². The Hall–Kier alpha value is -2.65. The van der Waals surface area contributed by atoms with Crippen LogP contribution < -0.4 is 10.0 Å². The van der Waals surface area contributed by atoms with E-state index in [0.717, 1.165) is 18.2 Å². The molecule has 0 saturated carbocycles. The van der Waals surface area contributed by atoms with Crippen molar-refractivity contribution in [3.05, 3.63) is 58.9 Å². The van der Waals surface area contributed by atoms with Crippen molar-refractivity contribution in [3.63, 3.8) is 0 Å². The molecule has 0 aliphatic rings. The van der Waals surface area contributed by atoms with Gasteiger partial charge >= 0.3 is 5.97 Å². The number of nitrogens with one attached hydrogen (secondary N) is 2. The van der Waals surface area contributed by atoms with Crippen molar-refractivity contribution in [3.8, 4) is 0 Å². The maximum atomic E-state index is 13.2. The Morgan fingerprint density at radius 2 is 1.78 bits per heavy atom. The van der Waals surface area contributed by atoms with E-state index >= 15 is 0 Å². The lowest BCUT2D eigenvalue weighted by Crippen LogP contribution is -2.33. The highest BCUT2D eigenvalue weighted by atomic mass is 35.5. The van der Waals surface area contributed by atoms with Crippen molar-refractivity contribution < 1.29 is 27.1 Å². The molecule has 1 amide bonds. The largest absolute Gasteiger partial charge is 0.449 e. The van der Waals surface area contributed by atoms with Crippen LogP contribution >= 0.6 is 11.6 Å². The second-order valence-electron chi connectivity index (χ2n) is 5.42. The lowest BCUT2D eigenvalue weighted by Gasteiger charge is -2.12. The summed E-state index contributed by atoms with van der Waals surface area (Å²) >= 11 is 5.61. The Balaban J connectivity index is 2.11. The van der Waals surface area contributed by atoms with E-state index in [1.807, 2.05) is 0 Å². The third kappa shape index (κ3) is 5.18. The molecule has 0 fully saturated rings. The van der Waals surface area contributed by atoms with Gasteiger partial charge in [-0.3, -0.25) is 9.52 Å². The molecule has 0 aliphatic carbocycles. The van der Waals surface area contributed by atoms with Crippen LogP contribution in [0.1, 0.15) is 17.3 Å². The Morgan fingerprint density at radius 3 is 2.33 bits per heavy atom. The first-order chi connectivity index (χ1) is 12.6. The molecular formula is C17H16ClFN2O5S. The molecule has 144 valence electrons. The fourth-order valence-electron chi connectivity index (χ4n) is 2.02. The SMILES string of the molecule is CNC(=O)[C@H](C)OC(=O)c1ccc(NS(=O)(=O)c2ccc(F)c(Cl)c2)cc1. The van der Waals surface area contributed by atoms with Crippen molar-refractivity contribution in [1.82, 2.24) is 5.32 Å². The van der Waals surface area contributed by atoms with E-state index in [1.165, 1.54) is 38.2 Å². The van der Waals surface area contributed by atoms with Gasteiger partial charge in [0.05, 0.1) is 15.5 Å². The fourth-order valence-corrected chi connectivity index (χ4v) is 3.35. The average molecular weight is 415 g/mol. The first kappa shape index (κ1) is 20.7. The zero-order chi connectivity index (χ0) is 20.2. The third-order valence-electron chi connectivity index (χ3n) is 3.47. The van der Waals surface area contributed by atoms with E-state index in [4.69, 9.17) is 16.3 Å². The van der Waals surface area contributed by atoms with Gasteiger partial charge in [0, 0.05) is 12.7 Å². The number of benzene rings is 2. The number of halogens is 2. The summed E-state index contributed by atoms with van der Waals surface area (Å²) in [6.45, 7) is 1.42. The van der Waals surface area contributed by atoms with Gasteiger partial charge in [0.15, 0.2) is 6.10 Å². The molecule has 0 unspecified atom stereocenters. The molecule has 0 heterocycles. The highest BCUT2D eigenvalue weighted by Gasteiger charge is 2.19. The molecule has 0 radical (unpaired) electrons. The molecule has 2 aromatic rings. The highest BCUT2D eigenvalue weighted by molar-refractivity contribution is 7.92. The molecule has 2 rings (SSSR count). The van der Waals surface area contributed by atoms with Crippen molar-refractivity contribution >= 4 is 39.2 Å². The number of esters is 1. The maximum Gasteiger partial charge on any atom is 0.338 e. The lowest BCUT2D eigenvalue weighted by atomic mass is 10.2. The molecule has 0 saturated heterocycles. The molecular weight excluding hydrogens is 399 g/mol. The quantitative estimate of drug-likeness (QED) is 0.707. The molecule has 0 aliphatic heterocycles. The molecule has 0 spiro atoms. The molecule has 10 heteroatoms. The zero-order valence-electron chi connectivity index (χ0n) is 14.3. The monoisotopic (exact) mass is 414 g/mol. The van der Waals surface area contributed by atoms with Crippen LogP contribution in [0.4, 0.5) is 10.1 Å². The summed E-state index contributed by atoms with van der Waals surface area (Å²) in [5.74, 6) is -1.92. The normalized spacial score (nSPS) is 12.1. The van der Waals surface area contributed by atoms with E-state index in [0.29, 0.717) is 0 Å². The standard InChI is InChI=1S/C17H16ClFN2O5S/c1-10(16(22)20-2)26-17(23)11-3-5-12(6-4-11)21-27(24,25)13-7-8-15(19)14(18)9-13/h3-10,21H,1-2H3,(H,20,22)/t10-/m0/s1. The summed E-state index contributed by atoms with van der Waals surface area (Å²) in [4.78, 5) is 23.1. The lowest BCUT2D eigenvalue weighted by molar-refractivity contribution is -0.128. The van der Waals surface area contributed by atoms with E-state index in [1.54, 1.807) is 0 Å². The predicted molar refractivity (Wildman–Crippen MR) is 97.6 cm³/mol. The Morgan fingerprint density at radius 1 is 1.15 bits per heavy atom. The van der Waals surface area contributed by atoms with Crippen LogP contribution in [-0.4, -0.2) is 33.4 Å². The molecule has 0 bridgehead atoms. The van der Waals surface area contributed by atoms with Crippen LogP contribution in [0.15, 0.2) is 47.4 Å².